The number of ketones is 1. The van der Waals surface area contributed by atoms with E-state index in [0.29, 0.717) is 11.3 Å². The van der Waals surface area contributed by atoms with Crippen LogP contribution in [0.15, 0.2) is 70.3 Å². The molecule has 2 aromatic heterocycles. The Bertz CT molecular complexity index is 1550. The Morgan fingerprint density at radius 1 is 1.23 bits per heavy atom. The van der Waals surface area contributed by atoms with Crippen molar-refractivity contribution in [3.05, 3.63) is 98.7 Å². The highest BCUT2D eigenvalue weighted by Crippen LogP contribution is 2.44. The van der Waals surface area contributed by atoms with E-state index >= 15 is 0 Å². The van der Waals surface area contributed by atoms with Crippen LogP contribution in [-0.2, 0) is 11.2 Å². The summed E-state index contributed by atoms with van der Waals surface area (Å²) in [7, 11) is 0. The zero-order valence-corrected chi connectivity index (χ0v) is 19.5. The number of carbonyl (C=O) groups is 2. The quantitative estimate of drug-likeness (QED) is 0.217. The Balaban J connectivity index is 1.69. The van der Waals surface area contributed by atoms with Crippen molar-refractivity contribution < 1.29 is 24.0 Å². The zero-order valence-electron chi connectivity index (χ0n) is 18.7. The Morgan fingerprint density at radius 3 is 2.71 bits per heavy atom. The van der Waals surface area contributed by atoms with Crippen molar-refractivity contribution in [2.75, 3.05) is 4.90 Å². The van der Waals surface area contributed by atoms with Gasteiger partial charge in [0.05, 0.1) is 26.8 Å². The topological polar surface area (TPSA) is 127 Å². The van der Waals surface area contributed by atoms with Crippen LogP contribution >= 0.6 is 11.3 Å². The summed E-state index contributed by atoms with van der Waals surface area (Å²) in [6.07, 6.45) is 0.825. The number of amides is 1. The number of furan rings is 1. The minimum atomic E-state index is -1.13. The molecule has 0 bridgehead atoms. The van der Waals surface area contributed by atoms with E-state index in [0.717, 1.165) is 16.7 Å². The first-order chi connectivity index (χ1) is 16.8. The van der Waals surface area contributed by atoms with E-state index in [1.54, 1.807) is 19.1 Å². The summed E-state index contributed by atoms with van der Waals surface area (Å²) < 4.78 is 6.29. The van der Waals surface area contributed by atoms with Crippen molar-refractivity contribution in [2.24, 2.45) is 0 Å². The number of aromatic nitrogens is 1. The molecule has 5 rings (SSSR count). The third-order valence-electron chi connectivity index (χ3n) is 5.87. The van der Waals surface area contributed by atoms with Gasteiger partial charge in [-0.3, -0.25) is 24.6 Å². The molecule has 176 valence electrons. The molecule has 9 nitrogen and oxygen atoms in total. The largest absolute Gasteiger partial charge is 0.503 e. The number of non-ortho nitro benzene ring substituents is 1. The summed E-state index contributed by atoms with van der Waals surface area (Å²) in [5.74, 6) is -1.81. The molecule has 1 aliphatic rings. The van der Waals surface area contributed by atoms with Gasteiger partial charge in [-0.1, -0.05) is 36.5 Å². The average molecular weight is 490 g/mol. The monoisotopic (exact) mass is 489 g/mol. The number of hydrogen-bond acceptors (Lipinski definition) is 8. The smallest absolute Gasteiger partial charge is 0.296 e. The van der Waals surface area contributed by atoms with Crippen LogP contribution in [0.4, 0.5) is 10.8 Å². The first kappa shape index (κ1) is 22.5. The third kappa shape index (κ3) is 3.77. The number of nitro benzene ring substituents is 1. The van der Waals surface area contributed by atoms with E-state index in [1.165, 1.54) is 40.5 Å². The molecule has 10 heteroatoms. The number of aryl methyl sites for hydroxylation is 2. The molecule has 0 radical (unpaired) electrons. The molecule has 1 N–H and O–H groups in total. The molecule has 0 aliphatic carbocycles. The van der Waals surface area contributed by atoms with E-state index in [-0.39, 0.29) is 27.7 Å². The average Bonchev–Trinajstić information content (AvgIpc) is 3.54. The fourth-order valence-corrected chi connectivity index (χ4v) is 5.18. The summed E-state index contributed by atoms with van der Waals surface area (Å²) >= 11 is 1.24. The fourth-order valence-electron chi connectivity index (χ4n) is 4.13. The van der Waals surface area contributed by atoms with Gasteiger partial charge in [0, 0.05) is 12.1 Å². The number of aliphatic hydroxyl groups is 1. The molecule has 1 atom stereocenters. The van der Waals surface area contributed by atoms with Crippen molar-refractivity contribution in [2.45, 2.75) is 26.3 Å². The van der Waals surface area contributed by atoms with Crippen molar-refractivity contribution >= 4 is 44.1 Å². The molecule has 0 saturated carbocycles. The van der Waals surface area contributed by atoms with E-state index < -0.39 is 28.4 Å². The van der Waals surface area contributed by atoms with Crippen LogP contribution < -0.4 is 4.90 Å². The SMILES string of the molecule is CCc1ccc2nc(N3C(=O)C(O)=C(C(=O)c4ccc(C)o4)[C@H]3c3cccc([N+](=O)[O-])c3)sc2c1. The van der Waals surface area contributed by atoms with Crippen molar-refractivity contribution in [1.82, 2.24) is 4.98 Å². The highest BCUT2D eigenvalue weighted by Gasteiger charge is 2.46. The van der Waals surface area contributed by atoms with E-state index in [1.807, 2.05) is 25.1 Å². The molecule has 0 spiro atoms. The van der Waals surface area contributed by atoms with Gasteiger partial charge in [0.2, 0.25) is 5.78 Å². The van der Waals surface area contributed by atoms with E-state index in [2.05, 4.69) is 4.98 Å². The van der Waals surface area contributed by atoms with Crippen molar-refractivity contribution in [3.8, 4) is 0 Å². The number of Topliss-reactive ketones (excluding diaryl/α,β-unsaturated/α-hetero) is 1. The van der Waals surface area contributed by atoms with Gasteiger partial charge in [-0.15, -0.1) is 0 Å². The van der Waals surface area contributed by atoms with Crippen molar-refractivity contribution in [3.63, 3.8) is 0 Å². The number of benzene rings is 2. The van der Waals surface area contributed by atoms with E-state index in [9.17, 15) is 24.8 Å². The van der Waals surface area contributed by atoms with Crippen LogP contribution in [0.2, 0.25) is 0 Å². The van der Waals surface area contributed by atoms with Gasteiger partial charge in [-0.2, -0.15) is 0 Å². The van der Waals surface area contributed by atoms with Gasteiger partial charge >= 0.3 is 0 Å². The summed E-state index contributed by atoms with van der Waals surface area (Å²) in [6.45, 7) is 3.70. The first-order valence-corrected chi connectivity index (χ1v) is 11.6. The number of thiazole rings is 1. The Morgan fingerprint density at radius 2 is 2.03 bits per heavy atom. The summed E-state index contributed by atoms with van der Waals surface area (Å²) in [6, 6.07) is 13.3. The van der Waals surface area contributed by atoms with Crippen LogP contribution in [0.3, 0.4) is 0 Å². The molecule has 0 unspecified atom stereocenters. The molecule has 2 aromatic carbocycles. The molecule has 35 heavy (non-hydrogen) atoms. The maximum Gasteiger partial charge on any atom is 0.296 e. The molecular weight excluding hydrogens is 470 g/mol. The van der Waals surface area contributed by atoms with Crippen LogP contribution in [-0.4, -0.2) is 26.7 Å². The molecule has 0 saturated heterocycles. The predicted molar refractivity (Wildman–Crippen MR) is 130 cm³/mol. The molecule has 4 aromatic rings. The lowest BCUT2D eigenvalue weighted by Gasteiger charge is -2.24. The zero-order chi connectivity index (χ0) is 24.9. The number of aliphatic hydroxyl groups excluding tert-OH is 1. The van der Waals surface area contributed by atoms with Gasteiger partial charge < -0.3 is 9.52 Å². The maximum atomic E-state index is 13.4. The summed E-state index contributed by atoms with van der Waals surface area (Å²) in [5.41, 5.74) is 1.61. The molecule has 3 heterocycles. The Hall–Kier alpha value is -4.31. The molecule has 1 amide bonds. The summed E-state index contributed by atoms with van der Waals surface area (Å²) in [5, 5.41) is 22.6. The van der Waals surface area contributed by atoms with Crippen LogP contribution in [0, 0.1) is 17.0 Å². The van der Waals surface area contributed by atoms with Gasteiger partial charge in [-0.25, -0.2) is 4.98 Å². The number of rotatable bonds is 6. The lowest BCUT2D eigenvalue weighted by atomic mass is 9.95. The minimum absolute atomic E-state index is 0.0500. The van der Waals surface area contributed by atoms with E-state index in [4.69, 9.17) is 4.42 Å². The second kappa shape index (κ2) is 8.48. The van der Waals surface area contributed by atoms with Gasteiger partial charge in [0.1, 0.15) is 5.76 Å². The Kier molecular flexibility index (Phi) is 5.45. The van der Waals surface area contributed by atoms with Crippen LogP contribution in [0.5, 0.6) is 0 Å². The first-order valence-electron chi connectivity index (χ1n) is 10.8. The number of nitrogens with zero attached hydrogens (tertiary/aromatic N) is 3. The number of carbonyl (C=O) groups excluding carboxylic acids is 2. The number of anilines is 1. The molecular formula is C25H19N3O6S. The predicted octanol–water partition coefficient (Wildman–Crippen LogP) is 5.45. The second-order valence-corrected chi connectivity index (χ2v) is 9.09. The second-order valence-electron chi connectivity index (χ2n) is 8.08. The number of fused-ring (bicyclic) bond motifs is 1. The fraction of sp³-hybridized carbons (Fsp3) is 0.160. The highest BCUT2D eigenvalue weighted by atomic mass is 32.1. The van der Waals surface area contributed by atoms with Gasteiger partial charge in [-0.05, 0) is 48.7 Å². The lowest BCUT2D eigenvalue weighted by Crippen LogP contribution is -2.31. The Labute approximate surface area is 203 Å². The summed E-state index contributed by atoms with van der Waals surface area (Å²) in [4.78, 5) is 43.4. The highest BCUT2D eigenvalue weighted by molar-refractivity contribution is 7.22. The lowest BCUT2D eigenvalue weighted by molar-refractivity contribution is -0.384. The molecule has 1 aliphatic heterocycles. The molecule has 0 fully saturated rings. The third-order valence-corrected chi connectivity index (χ3v) is 6.89. The standard InChI is InChI=1S/C25H19N3O6S/c1-3-14-8-9-17-19(11-14)35-25(26-17)27-21(15-5-4-6-16(12-15)28(32)33)20(23(30)24(27)31)22(29)18-10-7-13(2)34-18/h4-12,21,30H,3H2,1-2H3/t21-/m1/s1. The number of nitro groups is 1. The number of hydrogen-bond donors (Lipinski definition) is 1. The minimum Gasteiger partial charge on any atom is -0.503 e. The maximum absolute atomic E-state index is 13.4. The van der Waals surface area contributed by atoms with Crippen LogP contribution in [0.1, 0.15) is 40.4 Å². The van der Waals surface area contributed by atoms with Gasteiger partial charge in [0.15, 0.2) is 16.7 Å². The normalized spacial score (nSPS) is 15.9. The van der Waals surface area contributed by atoms with Gasteiger partial charge in [0.25, 0.3) is 11.6 Å². The van der Waals surface area contributed by atoms with Crippen LogP contribution in [0.25, 0.3) is 10.2 Å². The van der Waals surface area contributed by atoms with Crippen molar-refractivity contribution in [1.29, 1.82) is 0 Å².